The topological polar surface area (TPSA) is 0 Å². The van der Waals surface area contributed by atoms with E-state index in [0.717, 1.165) is 5.92 Å². The molecule has 0 N–H and O–H groups in total. The molecular formula is C11H20. The Labute approximate surface area is 70.4 Å². The Morgan fingerprint density at radius 3 is 1.73 bits per heavy atom. The van der Waals surface area contributed by atoms with Crippen LogP contribution in [-0.2, 0) is 0 Å². The zero-order valence-corrected chi connectivity index (χ0v) is 8.01. The summed E-state index contributed by atoms with van der Waals surface area (Å²) in [5, 5.41) is 0. The molecule has 11 heavy (non-hydrogen) atoms. The van der Waals surface area contributed by atoms with Crippen LogP contribution in [0.3, 0.4) is 0 Å². The monoisotopic (exact) mass is 152 g/mol. The maximum absolute atomic E-state index is 2.48. The van der Waals surface area contributed by atoms with E-state index in [1.165, 1.54) is 23.7 Å². The molecule has 0 aromatic rings. The van der Waals surface area contributed by atoms with Crippen LogP contribution in [0.4, 0.5) is 0 Å². The molecule has 64 valence electrons. The molecule has 0 spiro atoms. The molecule has 3 fully saturated rings. The first kappa shape index (κ1) is 7.64. The molecule has 0 amide bonds. The van der Waals surface area contributed by atoms with Crippen LogP contribution in [0.2, 0.25) is 0 Å². The predicted molar refractivity (Wildman–Crippen MR) is 48.3 cm³/mol. The summed E-state index contributed by atoms with van der Waals surface area (Å²) in [5.74, 6) is 5.94. The van der Waals surface area contributed by atoms with Crippen molar-refractivity contribution in [2.75, 3.05) is 0 Å². The second-order valence-corrected chi connectivity index (χ2v) is 4.33. The van der Waals surface area contributed by atoms with Gasteiger partial charge < -0.3 is 0 Å². The van der Waals surface area contributed by atoms with Crippen LogP contribution in [-0.4, -0.2) is 0 Å². The molecule has 0 heteroatoms. The lowest BCUT2D eigenvalue weighted by Crippen LogP contribution is -2.27. The zero-order valence-electron chi connectivity index (χ0n) is 8.01. The summed E-state index contributed by atoms with van der Waals surface area (Å²) < 4.78 is 0. The molecule has 0 heterocycles. The lowest BCUT2D eigenvalue weighted by atomic mass is 9.70. The summed E-state index contributed by atoms with van der Waals surface area (Å²) in [6.07, 6.45) is 4.75. The first-order valence-electron chi connectivity index (χ1n) is 5.38. The SMILES string of the molecule is CC.CC1C2CCC2C2CC12. The van der Waals surface area contributed by atoms with Crippen LogP contribution in [0, 0.1) is 29.6 Å². The van der Waals surface area contributed by atoms with Crippen molar-refractivity contribution in [3.63, 3.8) is 0 Å². The van der Waals surface area contributed by atoms with Crippen LogP contribution in [0.1, 0.15) is 40.0 Å². The highest BCUT2D eigenvalue weighted by Gasteiger charge is 2.60. The normalized spacial score (nSPS) is 56.5. The highest BCUT2D eigenvalue weighted by Crippen LogP contribution is 2.67. The number of hydrogen-bond donors (Lipinski definition) is 0. The molecule has 3 saturated carbocycles. The van der Waals surface area contributed by atoms with Crippen LogP contribution in [0.5, 0.6) is 0 Å². The van der Waals surface area contributed by atoms with Gasteiger partial charge in [-0.2, -0.15) is 0 Å². The average Bonchev–Trinajstić information content (AvgIpc) is 2.66. The molecule has 0 aromatic heterocycles. The second kappa shape index (κ2) is 2.50. The fourth-order valence-corrected chi connectivity index (χ4v) is 3.39. The van der Waals surface area contributed by atoms with E-state index in [-0.39, 0.29) is 0 Å². The highest BCUT2D eigenvalue weighted by atomic mass is 14.6. The van der Waals surface area contributed by atoms with Crippen LogP contribution in [0.15, 0.2) is 0 Å². The van der Waals surface area contributed by atoms with Crippen LogP contribution >= 0.6 is 0 Å². The third kappa shape index (κ3) is 0.878. The number of rotatable bonds is 0. The smallest absolute Gasteiger partial charge is 0.0349 e. The van der Waals surface area contributed by atoms with E-state index in [0.29, 0.717) is 0 Å². The fraction of sp³-hybridized carbons (Fsp3) is 1.00. The summed E-state index contributed by atoms with van der Waals surface area (Å²) in [4.78, 5) is 0. The van der Waals surface area contributed by atoms with Crippen molar-refractivity contribution in [3.05, 3.63) is 0 Å². The van der Waals surface area contributed by atoms with Gasteiger partial charge in [0, 0.05) is 0 Å². The van der Waals surface area contributed by atoms with Gasteiger partial charge in [-0.25, -0.2) is 0 Å². The van der Waals surface area contributed by atoms with E-state index in [4.69, 9.17) is 0 Å². The first-order chi connectivity index (χ1) is 5.38. The Bertz CT molecular complexity index is 135. The molecule has 0 aromatic carbocycles. The maximum atomic E-state index is 2.48. The minimum absolute atomic E-state index is 1.12. The molecule has 0 saturated heterocycles. The Morgan fingerprint density at radius 2 is 1.45 bits per heavy atom. The molecule has 0 aliphatic heterocycles. The van der Waals surface area contributed by atoms with E-state index in [1.54, 1.807) is 19.3 Å². The van der Waals surface area contributed by atoms with Gasteiger partial charge in [-0.3, -0.25) is 0 Å². The average molecular weight is 152 g/mol. The minimum atomic E-state index is 1.12. The van der Waals surface area contributed by atoms with Crippen molar-refractivity contribution in [1.82, 2.24) is 0 Å². The number of fused-ring (bicyclic) bond motifs is 3. The largest absolute Gasteiger partial charge is 0.0683 e. The summed E-state index contributed by atoms with van der Waals surface area (Å²) in [7, 11) is 0. The molecule has 3 aliphatic rings. The van der Waals surface area contributed by atoms with E-state index < -0.39 is 0 Å². The Balaban J connectivity index is 0.000000224. The van der Waals surface area contributed by atoms with Crippen molar-refractivity contribution >= 4 is 0 Å². The Kier molecular flexibility index (Phi) is 1.74. The summed E-state index contributed by atoms with van der Waals surface area (Å²) in [6.45, 7) is 6.48. The molecule has 0 radical (unpaired) electrons. The van der Waals surface area contributed by atoms with Gasteiger partial charge in [0.1, 0.15) is 0 Å². The maximum Gasteiger partial charge on any atom is -0.0349 e. The molecule has 0 nitrogen and oxygen atoms in total. The fourth-order valence-electron chi connectivity index (χ4n) is 3.39. The van der Waals surface area contributed by atoms with Gasteiger partial charge >= 0.3 is 0 Å². The number of hydrogen-bond acceptors (Lipinski definition) is 0. The van der Waals surface area contributed by atoms with Gasteiger partial charge in [0.05, 0.1) is 0 Å². The van der Waals surface area contributed by atoms with Crippen molar-refractivity contribution in [3.8, 4) is 0 Å². The van der Waals surface area contributed by atoms with Gasteiger partial charge in [-0.05, 0) is 48.9 Å². The van der Waals surface area contributed by atoms with Crippen molar-refractivity contribution in [2.45, 2.75) is 40.0 Å². The standard InChI is InChI=1S/C9H14.C2H6/c1-5-6-2-3-7(6)9-4-8(5)9;1-2/h5-9H,2-4H2,1H3;1-2H3. The van der Waals surface area contributed by atoms with E-state index in [1.807, 2.05) is 13.8 Å². The summed E-state index contributed by atoms with van der Waals surface area (Å²) in [6, 6.07) is 0. The molecular weight excluding hydrogens is 132 g/mol. The van der Waals surface area contributed by atoms with Gasteiger partial charge in [-0.1, -0.05) is 20.8 Å². The van der Waals surface area contributed by atoms with E-state index in [9.17, 15) is 0 Å². The van der Waals surface area contributed by atoms with Crippen molar-refractivity contribution < 1.29 is 0 Å². The van der Waals surface area contributed by atoms with E-state index >= 15 is 0 Å². The minimum Gasteiger partial charge on any atom is -0.0683 e. The van der Waals surface area contributed by atoms with Gasteiger partial charge in [0.2, 0.25) is 0 Å². The molecule has 5 atom stereocenters. The third-order valence-electron chi connectivity index (χ3n) is 4.18. The lowest BCUT2D eigenvalue weighted by Gasteiger charge is -2.36. The first-order valence-corrected chi connectivity index (χ1v) is 5.38. The predicted octanol–water partition coefficient (Wildman–Crippen LogP) is 3.32. The molecule has 0 bridgehead atoms. The van der Waals surface area contributed by atoms with Crippen molar-refractivity contribution in [2.24, 2.45) is 29.6 Å². The third-order valence-corrected chi connectivity index (χ3v) is 4.18. The second-order valence-electron chi connectivity index (χ2n) is 4.33. The Morgan fingerprint density at radius 1 is 0.818 bits per heavy atom. The van der Waals surface area contributed by atoms with Gasteiger partial charge in [0.15, 0.2) is 0 Å². The summed E-state index contributed by atoms with van der Waals surface area (Å²) in [5.41, 5.74) is 0. The molecule has 3 rings (SSSR count). The van der Waals surface area contributed by atoms with Crippen molar-refractivity contribution in [1.29, 1.82) is 0 Å². The van der Waals surface area contributed by atoms with E-state index in [2.05, 4.69) is 6.92 Å². The molecule has 3 aliphatic carbocycles. The Hall–Kier alpha value is 0. The van der Waals surface area contributed by atoms with Gasteiger partial charge in [0.25, 0.3) is 0 Å². The lowest BCUT2D eigenvalue weighted by molar-refractivity contribution is 0.141. The highest BCUT2D eigenvalue weighted by molar-refractivity contribution is 5.09. The zero-order chi connectivity index (χ0) is 8.01. The van der Waals surface area contributed by atoms with Crippen LogP contribution in [0.25, 0.3) is 0 Å². The molecule has 5 unspecified atom stereocenters. The quantitative estimate of drug-likeness (QED) is 0.499. The van der Waals surface area contributed by atoms with Gasteiger partial charge in [-0.15, -0.1) is 0 Å². The summed E-state index contributed by atoms with van der Waals surface area (Å²) >= 11 is 0. The van der Waals surface area contributed by atoms with Crippen LogP contribution < -0.4 is 0 Å².